The molecule has 0 spiro atoms. The number of carbonyl (C=O) groups excluding carboxylic acids is 1. The minimum Gasteiger partial charge on any atom is -0.339 e. The summed E-state index contributed by atoms with van der Waals surface area (Å²) >= 11 is 0. The number of amides is 1. The summed E-state index contributed by atoms with van der Waals surface area (Å²) < 4.78 is 0. The van der Waals surface area contributed by atoms with E-state index in [0.717, 1.165) is 37.3 Å². The van der Waals surface area contributed by atoms with E-state index in [0.29, 0.717) is 18.7 Å². The van der Waals surface area contributed by atoms with Gasteiger partial charge in [0.05, 0.1) is 21.6 Å². The Morgan fingerprint density at radius 3 is 2.39 bits per heavy atom. The number of benzene rings is 2. The molecule has 1 atom stereocenters. The average molecular weight is 451 g/mol. The first-order valence-corrected chi connectivity index (χ1v) is 11.1. The number of nitro benzene ring substituents is 2. The minimum absolute atomic E-state index is 0.0486. The maximum absolute atomic E-state index is 12.8. The normalized spacial score (nSPS) is 19.5. The summed E-state index contributed by atoms with van der Waals surface area (Å²) in [5.41, 5.74) is 3.43. The van der Waals surface area contributed by atoms with Gasteiger partial charge in [0.1, 0.15) is 5.69 Å². The predicted molar refractivity (Wildman–Crippen MR) is 123 cm³/mol. The zero-order valence-electron chi connectivity index (χ0n) is 18.1. The molecule has 4 rings (SSSR count). The first kappa shape index (κ1) is 22.4. The highest BCUT2D eigenvalue weighted by molar-refractivity contribution is 6.05. The van der Waals surface area contributed by atoms with Crippen molar-refractivity contribution in [2.24, 2.45) is 11.0 Å². The molecule has 2 fully saturated rings. The lowest BCUT2D eigenvalue weighted by molar-refractivity contribution is -0.393. The van der Waals surface area contributed by atoms with E-state index < -0.39 is 15.5 Å². The fourth-order valence-corrected chi connectivity index (χ4v) is 4.66. The van der Waals surface area contributed by atoms with Gasteiger partial charge < -0.3 is 4.90 Å². The van der Waals surface area contributed by atoms with Crippen LogP contribution in [0.25, 0.3) is 0 Å². The average Bonchev–Trinajstić information content (AvgIpc) is 3.21. The number of anilines is 1. The number of nitrogens with zero attached hydrogens (tertiary/aromatic N) is 4. The molecule has 1 saturated carbocycles. The maximum atomic E-state index is 12.8. The number of hydrazone groups is 1. The van der Waals surface area contributed by atoms with Crippen LogP contribution in [-0.2, 0) is 4.79 Å². The van der Waals surface area contributed by atoms with E-state index in [1.54, 1.807) is 0 Å². The largest absolute Gasteiger partial charge is 0.339 e. The fraction of sp³-hybridized carbons (Fsp3) is 0.391. The molecule has 0 aromatic heterocycles. The van der Waals surface area contributed by atoms with Crippen LogP contribution in [0.3, 0.4) is 0 Å². The molecule has 2 aromatic rings. The Hall–Kier alpha value is -3.82. The van der Waals surface area contributed by atoms with Gasteiger partial charge in [-0.2, -0.15) is 5.10 Å². The predicted octanol–water partition coefficient (Wildman–Crippen LogP) is 4.50. The Labute approximate surface area is 190 Å². The van der Waals surface area contributed by atoms with E-state index in [1.165, 1.54) is 18.6 Å². The van der Waals surface area contributed by atoms with Gasteiger partial charge >= 0.3 is 5.69 Å². The third-order valence-corrected chi connectivity index (χ3v) is 6.32. The highest BCUT2D eigenvalue weighted by Gasteiger charge is 2.37. The molecule has 10 nitrogen and oxygen atoms in total. The first-order chi connectivity index (χ1) is 15.9. The molecular formula is C23H25N5O5. The van der Waals surface area contributed by atoms with Crippen molar-refractivity contribution in [3.8, 4) is 0 Å². The van der Waals surface area contributed by atoms with Crippen LogP contribution >= 0.6 is 0 Å². The summed E-state index contributed by atoms with van der Waals surface area (Å²) in [4.78, 5) is 35.9. The molecule has 172 valence electrons. The molecule has 1 N–H and O–H groups in total. The summed E-state index contributed by atoms with van der Waals surface area (Å²) in [5.74, 6) is -0.0525. The third-order valence-electron chi connectivity index (χ3n) is 6.32. The summed E-state index contributed by atoms with van der Waals surface area (Å²) in [7, 11) is 0. The number of carbonyl (C=O) groups is 1. The number of hydrogen-bond donors (Lipinski definition) is 1. The second kappa shape index (κ2) is 9.76. The van der Waals surface area contributed by atoms with Crippen LogP contribution in [0.2, 0.25) is 0 Å². The van der Waals surface area contributed by atoms with Gasteiger partial charge in [-0.1, -0.05) is 49.6 Å². The third kappa shape index (κ3) is 5.00. The number of nitro groups is 2. The molecular weight excluding hydrogens is 426 g/mol. The van der Waals surface area contributed by atoms with Crippen molar-refractivity contribution in [2.75, 3.05) is 12.0 Å². The Kier molecular flexibility index (Phi) is 6.62. The lowest BCUT2D eigenvalue weighted by Gasteiger charge is -2.31. The number of likely N-dealkylation sites (tertiary alicyclic amines) is 1. The first-order valence-electron chi connectivity index (χ1n) is 11.1. The van der Waals surface area contributed by atoms with Gasteiger partial charge in [0, 0.05) is 31.0 Å². The van der Waals surface area contributed by atoms with Crippen molar-refractivity contribution in [1.82, 2.24) is 4.90 Å². The van der Waals surface area contributed by atoms with Gasteiger partial charge in [0.25, 0.3) is 5.69 Å². The van der Waals surface area contributed by atoms with Crippen LogP contribution in [0.15, 0.2) is 53.6 Å². The molecule has 1 saturated heterocycles. The van der Waals surface area contributed by atoms with Crippen molar-refractivity contribution in [1.29, 1.82) is 0 Å². The van der Waals surface area contributed by atoms with E-state index in [2.05, 4.69) is 10.5 Å². The van der Waals surface area contributed by atoms with Crippen molar-refractivity contribution in [3.63, 3.8) is 0 Å². The van der Waals surface area contributed by atoms with E-state index in [1.807, 2.05) is 35.2 Å². The van der Waals surface area contributed by atoms with Crippen molar-refractivity contribution in [3.05, 3.63) is 74.3 Å². The van der Waals surface area contributed by atoms with Crippen molar-refractivity contribution < 1.29 is 14.6 Å². The van der Waals surface area contributed by atoms with Gasteiger partial charge in [-0.3, -0.25) is 30.4 Å². The summed E-state index contributed by atoms with van der Waals surface area (Å²) in [6, 6.07) is 13.0. The van der Waals surface area contributed by atoms with Crippen LogP contribution in [0.1, 0.15) is 44.1 Å². The van der Waals surface area contributed by atoms with Crippen LogP contribution in [0.5, 0.6) is 0 Å². The van der Waals surface area contributed by atoms with Crippen LogP contribution in [0, 0.1) is 26.1 Å². The fourth-order valence-electron chi connectivity index (χ4n) is 4.66. The molecule has 33 heavy (non-hydrogen) atoms. The molecule has 2 aromatic carbocycles. The Bertz CT molecular complexity index is 1080. The van der Waals surface area contributed by atoms with Gasteiger partial charge in [0.15, 0.2) is 0 Å². The number of non-ortho nitro benzene ring substituents is 1. The lowest BCUT2D eigenvalue weighted by Crippen LogP contribution is -2.38. The lowest BCUT2D eigenvalue weighted by atomic mass is 9.94. The van der Waals surface area contributed by atoms with Crippen molar-refractivity contribution >= 4 is 28.7 Å². The van der Waals surface area contributed by atoms with Gasteiger partial charge in [0.2, 0.25) is 5.91 Å². The van der Waals surface area contributed by atoms with Crippen LogP contribution in [-0.4, -0.2) is 39.0 Å². The van der Waals surface area contributed by atoms with Crippen LogP contribution in [0.4, 0.5) is 17.1 Å². The Balaban J connectivity index is 1.63. The monoisotopic (exact) mass is 451 g/mol. The smallest absolute Gasteiger partial charge is 0.301 e. The second-order valence-electron chi connectivity index (χ2n) is 8.43. The SMILES string of the molecule is O=C1C[C@H](/C(=N/Nc2ccc([N+](=O)[O-])cc2[N+](=O)[O-])c2ccccc2)CN1C1CCCCC1. The zero-order chi connectivity index (χ0) is 23.4. The van der Waals surface area contributed by atoms with Crippen LogP contribution < -0.4 is 5.43 Å². The van der Waals surface area contributed by atoms with E-state index in [4.69, 9.17) is 0 Å². The Morgan fingerprint density at radius 2 is 1.73 bits per heavy atom. The standard InChI is InChI=1S/C23H25N5O5/c29-22-13-17(15-26(22)18-9-5-2-6-10-18)23(16-7-3-1-4-8-16)25-24-20-12-11-19(27(30)31)14-21(20)28(32)33/h1,3-4,7-8,11-12,14,17-18,24H,2,5-6,9-10,13,15H2/b25-23+/t17-/m0/s1. The molecule has 1 aliphatic heterocycles. The van der Waals surface area contributed by atoms with Crippen molar-refractivity contribution in [2.45, 2.75) is 44.6 Å². The quantitative estimate of drug-likeness (QED) is 0.375. The molecule has 2 aliphatic rings. The van der Waals surface area contributed by atoms with Gasteiger partial charge in [-0.15, -0.1) is 0 Å². The van der Waals surface area contributed by atoms with E-state index >= 15 is 0 Å². The van der Waals surface area contributed by atoms with Gasteiger partial charge in [-0.25, -0.2) is 0 Å². The molecule has 1 amide bonds. The topological polar surface area (TPSA) is 131 Å². The molecule has 0 bridgehead atoms. The number of nitrogens with one attached hydrogen (secondary N) is 1. The zero-order valence-corrected chi connectivity index (χ0v) is 18.1. The van der Waals surface area contributed by atoms with E-state index in [9.17, 15) is 25.0 Å². The van der Waals surface area contributed by atoms with E-state index in [-0.39, 0.29) is 29.2 Å². The highest BCUT2D eigenvalue weighted by Crippen LogP contribution is 2.32. The van der Waals surface area contributed by atoms with Gasteiger partial charge in [-0.05, 0) is 24.5 Å². The summed E-state index contributed by atoms with van der Waals surface area (Å²) in [6.45, 7) is 0.557. The molecule has 0 unspecified atom stereocenters. The number of hydrogen-bond acceptors (Lipinski definition) is 7. The molecule has 1 aliphatic carbocycles. The summed E-state index contributed by atoms with van der Waals surface area (Å²) in [6.07, 6.45) is 5.83. The molecule has 1 heterocycles. The summed E-state index contributed by atoms with van der Waals surface area (Å²) in [5, 5.41) is 27.0. The number of rotatable bonds is 7. The minimum atomic E-state index is -0.684. The maximum Gasteiger partial charge on any atom is 0.301 e. The molecule has 0 radical (unpaired) electrons. The highest BCUT2D eigenvalue weighted by atomic mass is 16.6. The Morgan fingerprint density at radius 1 is 1.00 bits per heavy atom. The molecule has 10 heteroatoms. The second-order valence-corrected chi connectivity index (χ2v) is 8.43.